The molecule has 0 saturated carbocycles. The van der Waals surface area contributed by atoms with Gasteiger partial charge in [0.1, 0.15) is 11.2 Å². The van der Waals surface area contributed by atoms with Crippen molar-refractivity contribution in [1.82, 2.24) is 9.66 Å². The predicted octanol–water partition coefficient (Wildman–Crippen LogP) is 4.99. The number of aryl methyl sites for hydroxylation is 3. The fourth-order valence-corrected chi connectivity index (χ4v) is 4.85. The Hall–Kier alpha value is -2.57. The maximum atomic E-state index is 13.0. The van der Waals surface area contributed by atoms with E-state index in [0.29, 0.717) is 5.39 Å². The summed E-state index contributed by atoms with van der Waals surface area (Å²) in [6.07, 6.45) is 3.24. The molecular weight excluding hydrogens is 362 g/mol. The van der Waals surface area contributed by atoms with Crippen molar-refractivity contribution in [2.24, 2.45) is 5.10 Å². The number of hydrogen-bond donors (Lipinski definition) is 0. The molecule has 0 aliphatic carbocycles. The van der Waals surface area contributed by atoms with Gasteiger partial charge in [-0.3, -0.25) is 4.79 Å². The van der Waals surface area contributed by atoms with Crippen LogP contribution in [-0.2, 0) is 0 Å². The molecule has 1 aromatic carbocycles. The number of rotatable bonds is 3. The lowest BCUT2D eigenvalue weighted by atomic mass is 10.0. The molecule has 0 spiro atoms. The third kappa shape index (κ3) is 2.91. The van der Waals surface area contributed by atoms with Gasteiger partial charge in [0, 0.05) is 21.4 Å². The Bertz CT molecular complexity index is 1160. The van der Waals surface area contributed by atoms with Gasteiger partial charge in [0.25, 0.3) is 5.56 Å². The summed E-state index contributed by atoms with van der Waals surface area (Å²) in [5.41, 5.74) is 5.33. The van der Waals surface area contributed by atoms with Crippen molar-refractivity contribution in [3.63, 3.8) is 0 Å². The lowest BCUT2D eigenvalue weighted by Crippen LogP contribution is -2.17. The highest BCUT2D eigenvalue weighted by molar-refractivity contribution is 7.18. The molecule has 0 aliphatic rings. The van der Waals surface area contributed by atoms with Crippen LogP contribution < -0.4 is 5.56 Å². The van der Waals surface area contributed by atoms with Gasteiger partial charge in [0.2, 0.25) is 0 Å². The molecule has 3 heterocycles. The summed E-state index contributed by atoms with van der Waals surface area (Å²) in [6.45, 7) is 6.19. The molecule has 0 aliphatic heterocycles. The van der Waals surface area contributed by atoms with Gasteiger partial charge >= 0.3 is 0 Å². The predicted molar refractivity (Wildman–Crippen MR) is 111 cm³/mol. The van der Waals surface area contributed by atoms with Crippen LogP contribution in [0.1, 0.15) is 22.3 Å². The van der Waals surface area contributed by atoms with Crippen molar-refractivity contribution < 1.29 is 0 Å². The number of hydrogen-bond acceptors (Lipinski definition) is 5. The Kier molecular flexibility index (Phi) is 4.30. The van der Waals surface area contributed by atoms with Gasteiger partial charge in [-0.25, -0.2) is 4.98 Å². The van der Waals surface area contributed by atoms with Crippen LogP contribution in [0, 0.1) is 20.8 Å². The first-order valence-corrected chi connectivity index (χ1v) is 9.95. The summed E-state index contributed by atoms with van der Waals surface area (Å²) in [5.74, 6) is 0. The summed E-state index contributed by atoms with van der Waals surface area (Å²) in [7, 11) is 0. The van der Waals surface area contributed by atoms with Crippen LogP contribution in [0.15, 0.2) is 51.2 Å². The number of fused-ring (bicyclic) bond motifs is 1. The average molecular weight is 380 g/mol. The first-order valence-electron chi connectivity index (χ1n) is 8.19. The SMILES string of the molecule is Cc1cc(C)c(/C=N\n2cnc3scc(-c4cccs4)c3c2=O)c(C)c1. The molecule has 3 aromatic heterocycles. The Labute approximate surface area is 159 Å². The molecule has 4 rings (SSSR count). The zero-order valence-corrected chi connectivity index (χ0v) is 16.3. The highest BCUT2D eigenvalue weighted by Gasteiger charge is 2.13. The van der Waals surface area contributed by atoms with Crippen molar-refractivity contribution >= 4 is 39.1 Å². The van der Waals surface area contributed by atoms with E-state index in [1.54, 1.807) is 17.6 Å². The van der Waals surface area contributed by atoms with Gasteiger partial charge in [-0.1, -0.05) is 23.8 Å². The molecule has 0 amide bonds. The van der Waals surface area contributed by atoms with Gasteiger partial charge in [-0.2, -0.15) is 9.78 Å². The summed E-state index contributed by atoms with van der Waals surface area (Å²) >= 11 is 3.10. The average Bonchev–Trinajstić information content (AvgIpc) is 3.24. The Morgan fingerprint density at radius 3 is 2.62 bits per heavy atom. The Morgan fingerprint density at radius 2 is 1.92 bits per heavy atom. The first kappa shape index (κ1) is 16.9. The highest BCUT2D eigenvalue weighted by atomic mass is 32.1. The van der Waals surface area contributed by atoms with Crippen LogP contribution >= 0.6 is 22.7 Å². The smallest absolute Gasteiger partial charge is 0.267 e. The minimum Gasteiger partial charge on any atom is -0.267 e. The Balaban J connectivity index is 1.82. The maximum Gasteiger partial charge on any atom is 0.283 e. The van der Waals surface area contributed by atoms with E-state index >= 15 is 0 Å². The van der Waals surface area contributed by atoms with E-state index in [1.165, 1.54) is 27.9 Å². The molecule has 0 bridgehead atoms. The molecule has 26 heavy (non-hydrogen) atoms. The van der Waals surface area contributed by atoms with Crippen LogP contribution in [0.25, 0.3) is 20.7 Å². The van der Waals surface area contributed by atoms with Gasteiger partial charge in [0.15, 0.2) is 0 Å². The van der Waals surface area contributed by atoms with Crippen LogP contribution in [0.2, 0.25) is 0 Å². The molecule has 6 heteroatoms. The van der Waals surface area contributed by atoms with Gasteiger partial charge in [-0.15, -0.1) is 22.7 Å². The number of nitrogens with zero attached hydrogens (tertiary/aromatic N) is 3. The third-order valence-corrected chi connectivity index (χ3v) is 6.10. The van der Waals surface area contributed by atoms with E-state index in [9.17, 15) is 4.79 Å². The minimum absolute atomic E-state index is 0.140. The van der Waals surface area contributed by atoms with Crippen molar-refractivity contribution in [2.75, 3.05) is 0 Å². The van der Waals surface area contributed by atoms with Crippen molar-refractivity contribution in [3.8, 4) is 10.4 Å². The van der Waals surface area contributed by atoms with E-state index in [2.05, 4.69) is 43.0 Å². The zero-order chi connectivity index (χ0) is 18.3. The second kappa shape index (κ2) is 6.63. The van der Waals surface area contributed by atoms with Crippen molar-refractivity contribution in [2.45, 2.75) is 20.8 Å². The normalized spacial score (nSPS) is 11.7. The molecule has 0 radical (unpaired) electrons. The summed E-state index contributed by atoms with van der Waals surface area (Å²) in [6, 6.07) is 8.24. The fourth-order valence-electron chi connectivity index (χ4n) is 3.13. The number of benzene rings is 1. The van der Waals surface area contributed by atoms with Crippen molar-refractivity contribution in [3.05, 3.63) is 74.0 Å². The number of aromatic nitrogens is 2. The van der Waals surface area contributed by atoms with Crippen LogP contribution in [-0.4, -0.2) is 15.9 Å². The van der Waals surface area contributed by atoms with E-state index < -0.39 is 0 Å². The van der Waals surface area contributed by atoms with Crippen molar-refractivity contribution in [1.29, 1.82) is 0 Å². The maximum absolute atomic E-state index is 13.0. The summed E-state index contributed by atoms with van der Waals surface area (Å²) in [5, 5.41) is 9.04. The standard InChI is InChI=1S/C20H17N3OS2/c1-12-7-13(2)15(14(3)8-12)9-22-23-11-21-19-18(20(23)24)16(10-26-19)17-5-4-6-25-17/h4-11H,1-3H3/b22-9-. The molecular formula is C20H17N3OS2. The molecule has 0 atom stereocenters. The lowest BCUT2D eigenvalue weighted by Gasteiger charge is -2.06. The van der Waals surface area contributed by atoms with Gasteiger partial charge < -0.3 is 0 Å². The topological polar surface area (TPSA) is 47.2 Å². The summed E-state index contributed by atoms with van der Waals surface area (Å²) in [4.78, 5) is 19.2. The Morgan fingerprint density at radius 1 is 1.15 bits per heavy atom. The van der Waals surface area contributed by atoms with E-state index in [-0.39, 0.29) is 5.56 Å². The monoisotopic (exact) mass is 379 g/mol. The minimum atomic E-state index is -0.140. The molecule has 0 fully saturated rings. The van der Waals surface area contributed by atoms with Gasteiger partial charge in [-0.05, 0) is 43.3 Å². The van der Waals surface area contributed by atoms with E-state index in [4.69, 9.17) is 0 Å². The second-order valence-electron chi connectivity index (χ2n) is 6.26. The molecule has 130 valence electrons. The zero-order valence-electron chi connectivity index (χ0n) is 14.7. The number of thiophene rings is 2. The fraction of sp³-hybridized carbons (Fsp3) is 0.150. The third-order valence-electron chi connectivity index (χ3n) is 4.31. The van der Waals surface area contributed by atoms with Gasteiger partial charge in [0.05, 0.1) is 11.6 Å². The molecule has 4 aromatic rings. The van der Waals surface area contributed by atoms with Crippen LogP contribution in [0.5, 0.6) is 0 Å². The van der Waals surface area contributed by atoms with Crippen LogP contribution in [0.4, 0.5) is 0 Å². The van der Waals surface area contributed by atoms with E-state index in [1.807, 2.05) is 22.9 Å². The molecule has 0 N–H and O–H groups in total. The largest absolute Gasteiger partial charge is 0.283 e. The molecule has 0 saturated heterocycles. The highest BCUT2D eigenvalue weighted by Crippen LogP contribution is 2.33. The quantitative estimate of drug-likeness (QED) is 0.471. The molecule has 0 unspecified atom stereocenters. The van der Waals surface area contributed by atoms with Crippen LogP contribution in [0.3, 0.4) is 0 Å². The molecule has 4 nitrogen and oxygen atoms in total. The summed E-state index contributed by atoms with van der Waals surface area (Å²) < 4.78 is 1.32. The first-order chi connectivity index (χ1) is 12.5. The lowest BCUT2D eigenvalue weighted by molar-refractivity contribution is 0.818. The second-order valence-corrected chi connectivity index (χ2v) is 8.06. The van der Waals surface area contributed by atoms with E-state index in [0.717, 1.165) is 32.0 Å².